The molecule has 1 aromatic heterocycles. The van der Waals surface area contributed by atoms with Gasteiger partial charge in [-0.25, -0.2) is 4.98 Å². The van der Waals surface area contributed by atoms with Gasteiger partial charge in [-0.2, -0.15) is 4.98 Å². The van der Waals surface area contributed by atoms with Crippen molar-refractivity contribution >= 4 is 18.2 Å². The van der Waals surface area contributed by atoms with Crippen LogP contribution < -0.4 is 15.0 Å². The maximum absolute atomic E-state index is 10.8. The molecule has 7 heteroatoms. The maximum atomic E-state index is 10.8. The normalized spacial score (nSPS) is 14.2. The van der Waals surface area contributed by atoms with E-state index < -0.39 is 0 Å². The summed E-state index contributed by atoms with van der Waals surface area (Å²) in [5.41, 5.74) is 2.18. The van der Waals surface area contributed by atoms with Gasteiger partial charge in [0.25, 0.3) is 0 Å². The predicted molar refractivity (Wildman–Crippen MR) is 102 cm³/mol. The number of piperazine rings is 1. The number of carbonyl (C=O) groups excluding carboxylic acids is 1. The minimum Gasteiger partial charge on any atom is -0.497 e. The third kappa shape index (κ3) is 4.62. The molecule has 1 saturated heterocycles. The number of methoxy groups -OCH3 is 1. The summed E-state index contributed by atoms with van der Waals surface area (Å²) in [6, 6.07) is 10.1. The molecule has 0 aliphatic carbocycles. The molecule has 1 aliphatic rings. The van der Waals surface area contributed by atoms with Crippen molar-refractivity contribution in [2.24, 2.45) is 0 Å². The first-order chi connectivity index (χ1) is 12.7. The van der Waals surface area contributed by atoms with Gasteiger partial charge in [0.2, 0.25) is 12.4 Å². The van der Waals surface area contributed by atoms with Crippen molar-refractivity contribution in [3.63, 3.8) is 0 Å². The lowest BCUT2D eigenvalue weighted by molar-refractivity contribution is -0.118. The molecule has 1 amide bonds. The topological polar surface area (TPSA) is 70.6 Å². The molecule has 0 radical (unpaired) electrons. The van der Waals surface area contributed by atoms with Crippen molar-refractivity contribution < 1.29 is 9.53 Å². The number of hydrogen-bond donors (Lipinski definition) is 1. The van der Waals surface area contributed by atoms with Gasteiger partial charge in [-0.3, -0.25) is 4.79 Å². The number of aryl methyl sites for hydroxylation is 1. The molecule has 0 bridgehead atoms. The van der Waals surface area contributed by atoms with E-state index in [1.807, 2.05) is 25.1 Å². The number of aromatic nitrogens is 2. The number of hydrogen-bond acceptors (Lipinski definition) is 6. The lowest BCUT2D eigenvalue weighted by Crippen LogP contribution is -2.46. The van der Waals surface area contributed by atoms with Crippen molar-refractivity contribution in [3.8, 4) is 5.75 Å². The number of anilines is 2. The monoisotopic (exact) mass is 355 g/mol. The fourth-order valence-electron chi connectivity index (χ4n) is 2.94. The number of carbonyl (C=O) groups is 1. The Morgan fingerprint density at radius 1 is 1.15 bits per heavy atom. The van der Waals surface area contributed by atoms with E-state index in [0.717, 1.165) is 55.7 Å². The zero-order chi connectivity index (χ0) is 18.4. The van der Waals surface area contributed by atoms with Crippen LogP contribution in [0.1, 0.15) is 11.3 Å². The molecular weight excluding hydrogens is 330 g/mol. The number of amides is 1. The first kappa shape index (κ1) is 18.0. The highest BCUT2D eigenvalue weighted by Gasteiger charge is 2.18. The molecule has 7 nitrogen and oxygen atoms in total. The van der Waals surface area contributed by atoms with E-state index in [0.29, 0.717) is 13.1 Å². The highest BCUT2D eigenvalue weighted by molar-refractivity contribution is 5.49. The van der Waals surface area contributed by atoms with Gasteiger partial charge in [-0.1, -0.05) is 12.1 Å². The minimum atomic E-state index is 0.709. The predicted octanol–water partition coefficient (Wildman–Crippen LogP) is 1.73. The highest BCUT2D eigenvalue weighted by Crippen LogP contribution is 2.16. The van der Waals surface area contributed by atoms with Crippen LogP contribution in [0.2, 0.25) is 0 Å². The van der Waals surface area contributed by atoms with Crippen molar-refractivity contribution in [1.82, 2.24) is 14.9 Å². The zero-order valence-electron chi connectivity index (χ0n) is 15.3. The van der Waals surface area contributed by atoms with Crippen LogP contribution in [0.3, 0.4) is 0 Å². The molecular formula is C19H25N5O2. The summed E-state index contributed by atoms with van der Waals surface area (Å²) in [6.07, 6.45) is 1.81. The first-order valence-electron chi connectivity index (χ1n) is 8.85. The fourth-order valence-corrected chi connectivity index (χ4v) is 2.94. The molecule has 1 N–H and O–H groups in total. The Hall–Kier alpha value is -2.83. The van der Waals surface area contributed by atoms with Gasteiger partial charge < -0.3 is 19.9 Å². The lowest BCUT2D eigenvalue weighted by atomic mass is 10.1. The molecule has 0 unspecified atom stereocenters. The second kappa shape index (κ2) is 8.51. The Labute approximate surface area is 154 Å². The zero-order valence-corrected chi connectivity index (χ0v) is 15.3. The summed E-state index contributed by atoms with van der Waals surface area (Å²) in [4.78, 5) is 23.9. The molecule has 0 spiro atoms. The number of ether oxygens (including phenoxy) is 1. The van der Waals surface area contributed by atoms with E-state index in [9.17, 15) is 4.79 Å². The van der Waals surface area contributed by atoms with Crippen LogP contribution in [0, 0.1) is 6.92 Å². The van der Waals surface area contributed by atoms with Crippen LogP contribution in [-0.2, 0) is 11.2 Å². The molecule has 1 aliphatic heterocycles. The molecule has 0 saturated carbocycles. The number of rotatable bonds is 7. The highest BCUT2D eigenvalue weighted by atomic mass is 16.5. The number of nitrogens with one attached hydrogen (secondary N) is 1. The van der Waals surface area contributed by atoms with Crippen molar-refractivity contribution in [3.05, 3.63) is 41.6 Å². The van der Waals surface area contributed by atoms with Crippen molar-refractivity contribution in [2.75, 3.05) is 50.1 Å². The Bertz CT molecular complexity index is 727. The molecule has 1 fully saturated rings. The molecule has 3 rings (SSSR count). The van der Waals surface area contributed by atoms with Crippen LogP contribution in [0.25, 0.3) is 0 Å². The maximum Gasteiger partial charge on any atom is 0.227 e. The Balaban J connectivity index is 1.57. The van der Waals surface area contributed by atoms with Crippen molar-refractivity contribution in [1.29, 1.82) is 0 Å². The standard InChI is InChI=1S/C19H25N5O2/c1-15-13-18(20-8-7-16-3-5-17(26-2)6-4-16)22-19(21-15)24-11-9-23(14-25)10-12-24/h3-6,13-14H,7-12H2,1-2H3,(H,20,21,22). The van der Waals surface area contributed by atoms with Gasteiger partial charge in [0.1, 0.15) is 11.6 Å². The van der Waals surface area contributed by atoms with Crippen molar-refractivity contribution in [2.45, 2.75) is 13.3 Å². The molecule has 2 heterocycles. The summed E-state index contributed by atoms with van der Waals surface area (Å²) >= 11 is 0. The van der Waals surface area contributed by atoms with Crippen LogP contribution in [0.4, 0.5) is 11.8 Å². The average molecular weight is 355 g/mol. The van der Waals surface area contributed by atoms with Gasteiger partial charge in [0.05, 0.1) is 7.11 Å². The minimum absolute atomic E-state index is 0.709. The van der Waals surface area contributed by atoms with Crippen LogP contribution in [0.15, 0.2) is 30.3 Å². The van der Waals surface area contributed by atoms with Gasteiger partial charge in [-0.05, 0) is 31.0 Å². The van der Waals surface area contributed by atoms with Crippen LogP contribution in [-0.4, -0.2) is 61.1 Å². The largest absolute Gasteiger partial charge is 0.497 e. The van der Waals surface area contributed by atoms with E-state index in [-0.39, 0.29) is 0 Å². The first-order valence-corrected chi connectivity index (χ1v) is 8.85. The van der Waals surface area contributed by atoms with Gasteiger partial charge in [0, 0.05) is 44.5 Å². The smallest absolute Gasteiger partial charge is 0.227 e. The Kier molecular flexibility index (Phi) is 5.88. The third-order valence-corrected chi connectivity index (χ3v) is 4.47. The summed E-state index contributed by atoms with van der Waals surface area (Å²) in [5.74, 6) is 2.42. The van der Waals surface area contributed by atoms with Crippen LogP contribution in [0.5, 0.6) is 5.75 Å². The van der Waals surface area contributed by atoms with E-state index >= 15 is 0 Å². The molecule has 0 atom stereocenters. The number of benzene rings is 1. The fraction of sp³-hybridized carbons (Fsp3) is 0.421. The molecule has 2 aromatic rings. The number of nitrogens with zero attached hydrogens (tertiary/aromatic N) is 4. The molecule has 138 valence electrons. The third-order valence-electron chi connectivity index (χ3n) is 4.47. The summed E-state index contributed by atoms with van der Waals surface area (Å²) in [5, 5.41) is 3.39. The summed E-state index contributed by atoms with van der Waals surface area (Å²) in [6.45, 7) is 5.70. The Morgan fingerprint density at radius 3 is 2.54 bits per heavy atom. The summed E-state index contributed by atoms with van der Waals surface area (Å²) in [7, 11) is 1.67. The van der Waals surface area contributed by atoms with Gasteiger partial charge in [0.15, 0.2) is 0 Å². The Morgan fingerprint density at radius 2 is 1.88 bits per heavy atom. The van der Waals surface area contributed by atoms with Crippen LogP contribution >= 0.6 is 0 Å². The van der Waals surface area contributed by atoms with E-state index in [1.165, 1.54) is 5.56 Å². The second-order valence-electron chi connectivity index (χ2n) is 6.35. The van der Waals surface area contributed by atoms with Gasteiger partial charge in [-0.15, -0.1) is 0 Å². The van der Waals surface area contributed by atoms with Gasteiger partial charge >= 0.3 is 0 Å². The quantitative estimate of drug-likeness (QED) is 0.763. The lowest BCUT2D eigenvalue weighted by Gasteiger charge is -2.32. The summed E-state index contributed by atoms with van der Waals surface area (Å²) < 4.78 is 5.18. The molecule has 26 heavy (non-hydrogen) atoms. The average Bonchev–Trinajstić information content (AvgIpc) is 2.68. The second-order valence-corrected chi connectivity index (χ2v) is 6.35. The SMILES string of the molecule is COc1ccc(CCNc2cc(C)nc(N3CCN(C=O)CC3)n2)cc1. The van der Waals surface area contributed by atoms with E-state index in [1.54, 1.807) is 12.0 Å². The van der Waals surface area contributed by atoms with E-state index in [2.05, 4.69) is 32.3 Å². The van der Waals surface area contributed by atoms with E-state index in [4.69, 9.17) is 4.74 Å². The molecule has 1 aromatic carbocycles.